The Labute approximate surface area is 176 Å². The van der Waals surface area contributed by atoms with E-state index in [0.29, 0.717) is 43.0 Å². The number of sulfone groups is 1. The van der Waals surface area contributed by atoms with Gasteiger partial charge in [-0.3, -0.25) is 4.79 Å². The van der Waals surface area contributed by atoms with Gasteiger partial charge in [-0.25, -0.2) is 13.4 Å². The molecule has 0 unspecified atom stereocenters. The van der Waals surface area contributed by atoms with Crippen LogP contribution < -0.4 is 5.32 Å². The molecule has 4 rings (SSSR count). The average Bonchev–Trinajstić information content (AvgIpc) is 3.20. The molecule has 1 aliphatic heterocycles. The quantitative estimate of drug-likeness (QED) is 0.653. The number of benzene rings is 1. The highest BCUT2D eigenvalue weighted by Crippen LogP contribution is 2.27. The minimum absolute atomic E-state index is 0.203. The Morgan fingerprint density at radius 2 is 2.03 bits per heavy atom. The van der Waals surface area contributed by atoms with E-state index < -0.39 is 15.1 Å². The van der Waals surface area contributed by atoms with Crippen LogP contribution in [-0.2, 0) is 14.6 Å². The van der Waals surface area contributed by atoms with E-state index in [1.54, 1.807) is 36.5 Å². The van der Waals surface area contributed by atoms with E-state index in [1.807, 2.05) is 29.7 Å². The molecule has 1 fully saturated rings. The van der Waals surface area contributed by atoms with Crippen molar-refractivity contribution in [2.45, 2.75) is 42.4 Å². The first-order chi connectivity index (χ1) is 14.4. The topological polar surface area (TPSA) is 89.8 Å². The molecule has 1 amide bonds. The lowest BCUT2D eigenvalue weighted by Crippen LogP contribution is -2.36. The molecular formula is C22H25N3O4S. The fourth-order valence-corrected chi connectivity index (χ4v) is 5.63. The van der Waals surface area contributed by atoms with Gasteiger partial charge < -0.3 is 14.5 Å². The van der Waals surface area contributed by atoms with Crippen LogP contribution >= 0.6 is 0 Å². The SMILES string of the molecule is Cc1cccn2cc(C(=O)NCC[C@@H]3C[C@@H](S(=O)(=O)c4ccccc4)CCO3)nc12. The molecule has 1 aliphatic rings. The fraction of sp³-hybridized carbons (Fsp3) is 0.364. The zero-order valence-electron chi connectivity index (χ0n) is 16.8. The van der Waals surface area contributed by atoms with Crippen LogP contribution in [0.3, 0.4) is 0 Å². The van der Waals surface area contributed by atoms with Gasteiger partial charge in [0.25, 0.3) is 5.91 Å². The third-order valence-electron chi connectivity index (χ3n) is 5.49. The molecule has 0 aliphatic carbocycles. The molecule has 8 heteroatoms. The van der Waals surface area contributed by atoms with Crippen LogP contribution in [-0.4, -0.2) is 48.2 Å². The van der Waals surface area contributed by atoms with Crippen molar-refractivity contribution < 1.29 is 17.9 Å². The monoisotopic (exact) mass is 427 g/mol. The van der Waals surface area contributed by atoms with E-state index in [2.05, 4.69) is 10.3 Å². The van der Waals surface area contributed by atoms with Crippen molar-refractivity contribution in [3.8, 4) is 0 Å². The largest absolute Gasteiger partial charge is 0.378 e. The lowest BCUT2D eigenvalue weighted by molar-refractivity contribution is 0.0132. The Balaban J connectivity index is 1.33. The number of rotatable bonds is 6. The zero-order chi connectivity index (χ0) is 21.1. The summed E-state index contributed by atoms with van der Waals surface area (Å²) in [5.41, 5.74) is 2.11. The molecule has 3 aromatic rings. The first-order valence-corrected chi connectivity index (χ1v) is 11.6. The number of amides is 1. The number of aryl methyl sites for hydroxylation is 1. The lowest BCUT2D eigenvalue weighted by atomic mass is 10.1. The van der Waals surface area contributed by atoms with Crippen molar-refractivity contribution in [3.63, 3.8) is 0 Å². The Kier molecular flexibility index (Phi) is 5.87. The summed E-state index contributed by atoms with van der Waals surface area (Å²) in [6.45, 7) is 2.75. The van der Waals surface area contributed by atoms with Crippen molar-refractivity contribution in [2.24, 2.45) is 0 Å². The molecule has 1 aromatic carbocycles. The summed E-state index contributed by atoms with van der Waals surface area (Å²) >= 11 is 0. The van der Waals surface area contributed by atoms with E-state index in [1.165, 1.54) is 0 Å². The first-order valence-electron chi connectivity index (χ1n) is 10.1. The minimum atomic E-state index is -3.38. The molecule has 2 aromatic heterocycles. The molecule has 3 heterocycles. The molecule has 0 bridgehead atoms. The van der Waals surface area contributed by atoms with Crippen LogP contribution in [0.1, 0.15) is 35.3 Å². The summed E-state index contributed by atoms with van der Waals surface area (Å²) < 4.78 is 33.3. The van der Waals surface area contributed by atoms with Crippen LogP contribution in [0.2, 0.25) is 0 Å². The van der Waals surface area contributed by atoms with Crippen LogP contribution in [0, 0.1) is 6.92 Å². The van der Waals surface area contributed by atoms with E-state index in [9.17, 15) is 13.2 Å². The number of imidazole rings is 1. The highest BCUT2D eigenvalue weighted by Gasteiger charge is 2.33. The molecule has 30 heavy (non-hydrogen) atoms. The van der Waals surface area contributed by atoms with Crippen LogP contribution in [0.25, 0.3) is 5.65 Å². The molecular weight excluding hydrogens is 402 g/mol. The maximum absolute atomic E-state index is 12.9. The van der Waals surface area contributed by atoms with Crippen LogP contribution in [0.15, 0.2) is 59.8 Å². The number of nitrogens with one attached hydrogen (secondary N) is 1. The fourth-order valence-electron chi connectivity index (χ4n) is 3.83. The van der Waals surface area contributed by atoms with Gasteiger partial charge in [-0.2, -0.15) is 0 Å². The summed E-state index contributed by atoms with van der Waals surface area (Å²) in [5.74, 6) is -0.248. The number of hydrogen-bond donors (Lipinski definition) is 1. The average molecular weight is 428 g/mol. The van der Waals surface area contributed by atoms with Crippen molar-refractivity contribution in [1.29, 1.82) is 0 Å². The predicted octanol–water partition coefficient (Wildman–Crippen LogP) is 2.78. The number of fused-ring (bicyclic) bond motifs is 1. The second-order valence-electron chi connectivity index (χ2n) is 7.59. The van der Waals surface area contributed by atoms with Crippen molar-refractivity contribution in [3.05, 3.63) is 66.1 Å². The van der Waals surface area contributed by atoms with Crippen LogP contribution in [0.5, 0.6) is 0 Å². The third-order valence-corrected chi connectivity index (χ3v) is 7.73. The van der Waals surface area contributed by atoms with Gasteiger partial charge in [0.05, 0.1) is 16.2 Å². The summed E-state index contributed by atoms with van der Waals surface area (Å²) in [5, 5.41) is 2.41. The molecule has 0 saturated carbocycles. The van der Waals surface area contributed by atoms with Crippen molar-refractivity contribution >= 4 is 21.4 Å². The summed E-state index contributed by atoms with van der Waals surface area (Å²) in [4.78, 5) is 17.2. The summed E-state index contributed by atoms with van der Waals surface area (Å²) in [6, 6.07) is 12.4. The van der Waals surface area contributed by atoms with Gasteiger partial charge in [-0.15, -0.1) is 0 Å². The molecule has 2 atom stereocenters. The van der Waals surface area contributed by atoms with Gasteiger partial charge in [0, 0.05) is 25.5 Å². The minimum Gasteiger partial charge on any atom is -0.378 e. The number of aromatic nitrogens is 2. The van der Waals surface area contributed by atoms with Gasteiger partial charge in [0.1, 0.15) is 11.3 Å². The highest BCUT2D eigenvalue weighted by molar-refractivity contribution is 7.92. The van der Waals surface area contributed by atoms with E-state index in [-0.39, 0.29) is 12.0 Å². The Morgan fingerprint density at radius 1 is 1.23 bits per heavy atom. The number of nitrogens with zero attached hydrogens (tertiary/aromatic N) is 2. The number of carbonyl (C=O) groups excluding carboxylic acids is 1. The number of carbonyl (C=O) groups is 1. The maximum atomic E-state index is 12.9. The van der Waals surface area contributed by atoms with Crippen LogP contribution in [0.4, 0.5) is 0 Å². The Bertz CT molecular complexity index is 1140. The zero-order valence-corrected chi connectivity index (χ0v) is 17.6. The molecule has 158 valence electrons. The predicted molar refractivity (Wildman–Crippen MR) is 113 cm³/mol. The lowest BCUT2D eigenvalue weighted by Gasteiger charge is -2.29. The van der Waals surface area contributed by atoms with Gasteiger partial charge in [0.2, 0.25) is 0 Å². The number of pyridine rings is 1. The second-order valence-corrected chi connectivity index (χ2v) is 9.82. The van der Waals surface area contributed by atoms with Gasteiger partial charge in [-0.05, 0) is 49.9 Å². The van der Waals surface area contributed by atoms with E-state index in [0.717, 1.165) is 11.2 Å². The summed E-state index contributed by atoms with van der Waals surface area (Å²) in [7, 11) is -3.38. The second kappa shape index (κ2) is 8.57. The third kappa shape index (κ3) is 4.24. The normalized spacial score (nSPS) is 19.6. The molecule has 1 N–H and O–H groups in total. The Hall–Kier alpha value is -2.71. The molecule has 0 spiro atoms. The van der Waals surface area contributed by atoms with Crippen molar-refractivity contribution in [1.82, 2.24) is 14.7 Å². The van der Waals surface area contributed by atoms with Gasteiger partial charge in [-0.1, -0.05) is 24.3 Å². The molecule has 0 radical (unpaired) electrons. The first kappa shape index (κ1) is 20.6. The smallest absolute Gasteiger partial charge is 0.271 e. The molecule has 7 nitrogen and oxygen atoms in total. The van der Waals surface area contributed by atoms with Gasteiger partial charge >= 0.3 is 0 Å². The maximum Gasteiger partial charge on any atom is 0.271 e. The van der Waals surface area contributed by atoms with E-state index >= 15 is 0 Å². The van der Waals surface area contributed by atoms with Crippen molar-refractivity contribution in [2.75, 3.05) is 13.2 Å². The standard InChI is InChI=1S/C22H25N3O4S/c1-16-6-5-12-25-15-20(24-21(16)25)22(26)23-11-9-17-14-19(10-13-29-17)30(27,28)18-7-3-2-4-8-18/h2-8,12,15,17,19H,9-11,13-14H2,1H3,(H,23,26)/t17-,19+/m1/s1. The number of hydrogen-bond acceptors (Lipinski definition) is 5. The molecule has 1 saturated heterocycles. The number of ether oxygens (including phenoxy) is 1. The highest BCUT2D eigenvalue weighted by atomic mass is 32.2. The van der Waals surface area contributed by atoms with E-state index in [4.69, 9.17) is 4.74 Å². The summed E-state index contributed by atoms with van der Waals surface area (Å²) in [6.07, 6.45) is 4.83. The van der Waals surface area contributed by atoms with Gasteiger partial charge in [0.15, 0.2) is 9.84 Å². The Morgan fingerprint density at radius 3 is 2.80 bits per heavy atom.